The Bertz CT molecular complexity index is 1020. The largest absolute Gasteiger partial charge is 0.497 e. The zero-order valence-electron chi connectivity index (χ0n) is 14.2. The average Bonchev–Trinajstić information content (AvgIpc) is 2.92. The van der Waals surface area contributed by atoms with E-state index in [1.165, 1.54) is 11.3 Å². The number of amides is 1. The van der Waals surface area contributed by atoms with Crippen LogP contribution in [0.3, 0.4) is 0 Å². The number of nitrogens with zero attached hydrogens (tertiary/aromatic N) is 2. The fourth-order valence-corrected chi connectivity index (χ4v) is 3.72. The van der Waals surface area contributed by atoms with Gasteiger partial charge in [0.05, 0.1) is 30.3 Å². The fourth-order valence-electron chi connectivity index (χ4n) is 2.57. The van der Waals surface area contributed by atoms with E-state index in [1.54, 1.807) is 7.11 Å². The van der Waals surface area contributed by atoms with Crippen molar-refractivity contribution in [2.75, 3.05) is 7.11 Å². The Morgan fingerprint density at radius 3 is 2.72 bits per heavy atom. The van der Waals surface area contributed by atoms with Crippen molar-refractivity contribution in [2.24, 2.45) is 4.99 Å². The van der Waals surface area contributed by atoms with Gasteiger partial charge in [-0.05, 0) is 42.3 Å². The minimum Gasteiger partial charge on any atom is -0.497 e. The van der Waals surface area contributed by atoms with Crippen LogP contribution in [0.15, 0.2) is 47.5 Å². The molecule has 0 bridgehead atoms. The Kier molecular flexibility index (Phi) is 5.01. The smallest absolute Gasteiger partial charge is 0.252 e. The predicted octanol–water partition coefficient (Wildman–Crippen LogP) is 3.32. The number of benzene rings is 2. The van der Waals surface area contributed by atoms with E-state index in [4.69, 9.17) is 11.2 Å². The van der Waals surface area contributed by atoms with Gasteiger partial charge in [-0.1, -0.05) is 35.5 Å². The molecule has 1 heterocycles. The number of aromatic nitrogens is 1. The van der Waals surface area contributed by atoms with Crippen LogP contribution in [0.2, 0.25) is 0 Å². The topological polar surface area (TPSA) is 43.6 Å². The van der Waals surface area contributed by atoms with Gasteiger partial charge < -0.3 is 9.30 Å². The number of carbonyl (C=O) groups excluding carboxylic acids is 1. The third-order valence-corrected chi connectivity index (χ3v) is 4.86. The van der Waals surface area contributed by atoms with E-state index in [0.717, 1.165) is 27.1 Å². The summed E-state index contributed by atoms with van der Waals surface area (Å²) in [5, 5.41) is 0. The summed E-state index contributed by atoms with van der Waals surface area (Å²) in [6.45, 7) is 2.42. The van der Waals surface area contributed by atoms with Gasteiger partial charge in [-0.2, -0.15) is 4.99 Å². The van der Waals surface area contributed by atoms with Crippen LogP contribution in [0.1, 0.15) is 11.1 Å². The minimum absolute atomic E-state index is 0.195. The molecule has 0 aliphatic rings. The number of hydrogen-bond donors (Lipinski definition) is 0. The van der Waals surface area contributed by atoms with E-state index < -0.39 is 0 Å². The zero-order chi connectivity index (χ0) is 17.8. The number of fused-ring (bicyclic) bond motifs is 1. The van der Waals surface area contributed by atoms with E-state index in [1.807, 2.05) is 47.9 Å². The Morgan fingerprint density at radius 1 is 1.28 bits per heavy atom. The van der Waals surface area contributed by atoms with Crippen molar-refractivity contribution in [3.63, 3.8) is 0 Å². The van der Waals surface area contributed by atoms with Gasteiger partial charge in [0.15, 0.2) is 4.80 Å². The van der Waals surface area contributed by atoms with Crippen LogP contribution in [0, 0.1) is 19.3 Å². The standard InChI is InChI=1S/C20H18N2O2S/c1-4-11-22-17-10-5-14(2)12-18(17)25-20(22)21-19(23)13-15-6-8-16(24-3)9-7-15/h1,5-10,12H,11,13H2,2-3H3. The van der Waals surface area contributed by atoms with Crippen LogP contribution in [0.4, 0.5) is 0 Å². The Hall–Kier alpha value is -2.84. The zero-order valence-corrected chi connectivity index (χ0v) is 15.0. The van der Waals surface area contributed by atoms with E-state index in [0.29, 0.717) is 11.3 Å². The summed E-state index contributed by atoms with van der Waals surface area (Å²) < 4.78 is 8.11. The molecule has 0 atom stereocenters. The second-order valence-corrected chi connectivity index (χ2v) is 6.69. The lowest BCUT2D eigenvalue weighted by Crippen LogP contribution is -2.17. The molecule has 3 rings (SSSR count). The summed E-state index contributed by atoms with van der Waals surface area (Å²) in [7, 11) is 1.61. The maximum Gasteiger partial charge on any atom is 0.252 e. The highest BCUT2D eigenvalue weighted by Crippen LogP contribution is 2.19. The number of methoxy groups -OCH3 is 1. The molecule has 0 aliphatic heterocycles. The monoisotopic (exact) mass is 350 g/mol. The minimum atomic E-state index is -0.195. The van der Waals surface area contributed by atoms with Crippen LogP contribution in [-0.2, 0) is 17.8 Å². The van der Waals surface area contributed by atoms with E-state index in [-0.39, 0.29) is 12.3 Å². The lowest BCUT2D eigenvalue weighted by molar-refractivity contribution is -0.117. The molecule has 4 nitrogen and oxygen atoms in total. The van der Waals surface area contributed by atoms with Crippen molar-refractivity contribution in [1.82, 2.24) is 4.57 Å². The molecule has 3 aromatic rings. The highest BCUT2D eigenvalue weighted by molar-refractivity contribution is 7.16. The summed E-state index contributed by atoms with van der Waals surface area (Å²) in [4.78, 5) is 17.3. The quantitative estimate of drug-likeness (QED) is 0.678. The molecule has 5 heteroatoms. The molecule has 0 saturated heterocycles. The molecule has 126 valence electrons. The SMILES string of the molecule is C#CCn1c(=NC(=O)Cc2ccc(OC)cc2)sc2cc(C)ccc21. The molecule has 0 aliphatic carbocycles. The van der Waals surface area contributed by atoms with Gasteiger partial charge >= 0.3 is 0 Å². The molecule has 0 saturated carbocycles. The highest BCUT2D eigenvalue weighted by atomic mass is 32.1. The van der Waals surface area contributed by atoms with Gasteiger partial charge in [-0.15, -0.1) is 6.42 Å². The second kappa shape index (κ2) is 7.37. The van der Waals surface area contributed by atoms with E-state index in [2.05, 4.69) is 17.0 Å². The van der Waals surface area contributed by atoms with Crippen molar-refractivity contribution < 1.29 is 9.53 Å². The number of terminal acetylenes is 1. The first kappa shape index (κ1) is 17.0. The number of thiazole rings is 1. The lowest BCUT2D eigenvalue weighted by atomic mass is 10.1. The molecule has 1 amide bonds. The first-order chi connectivity index (χ1) is 12.1. The number of ether oxygens (including phenoxy) is 1. The Labute approximate surface area is 150 Å². The molecule has 0 fully saturated rings. The summed E-state index contributed by atoms with van der Waals surface area (Å²) >= 11 is 1.48. The van der Waals surface area contributed by atoms with Gasteiger partial charge in [-0.25, -0.2) is 0 Å². The van der Waals surface area contributed by atoms with Crippen LogP contribution >= 0.6 is 11.3 Å². The predicted molar refractivity (Wildman–Crippen MR) is 101 cm³/mol. The lowest BCUT2D eigenvalue weighted by Gasteiger charge is -2.02. The molecule has 0 radical (unpaired) electrons. The van der Waals surface area contributed by atoms with Crippen LogP contribution in [0.25, 0.3) is 10.2 Å². The normalized spacial score (nSPS) is 11.5. The maximum absolute atomic E-state index is 12.4. The van der Waals surface area contributed by atoms with Crippen molar-refractivity contribution in [3.05, 3.63) is 58.4 Å². The number of rotatable bonds is 4. The summed E-state index contributed by atoms with van der Waals surface area (Å²) in [6.07, 6.45) is 5.73. The van der Waals surface area contributed by atoms with Gasteiger partial charge in [-0.3, -0.25) is 4.79 Å². The molecule has 1 aromatic heterocycles. The number of carbonyl (C=O) groups is 1. The van der Waals surface area contributed by atoms with Gasteiger partial charge in [0.1, 0.15) is 5.75 Å². The third kappa shape index (κ3) is 3.81. The van der Waals surface area contributed by atoms with Crippen molar-refractivity contribution in [3.8, 4) is 18.1 Å². The molecule has 2 aromatic carbocycles. The highest BCUT2D eigenvalue weighted by Gasteiger charge is 2.08. The molecular formula is C20H18N2O2S. The Morgan fingerprint density at radius 2 is 2.04 bits per heavy atom. The van der Waals surface area contributed by atoms with Gasteiger partial charge in [0.2, 0.25) is 0 Å². The van der Waals surface area contributed by atoms with Crippen molar-refractivity contribution in [2.45, 2.75) is 19.9 Å². The average molecular weight is 350 g/mol. The van der Waals surface area contributed by atoms with Crippen molar-refractivity contribution >= 4 is 27.5 Å². The molecule has 0 spiro atoms. The first-order valence-electron chi connectivity index (χ1n) is 7.84. The number of hydrogen-bond acceptors (Lipinski definition) is 3. The molecule has 0 unspecified atom stereocenters. The molecular weight excluding hydrogens is 332 g/mol. The summed E-state index contributed by atoms with van der Waals surface area (Å²) in [6, 6.07) is 13.6. The summed E-state index contributed by atoms with van der Waals surface area (Å²) in [5.74, 6) is 3.21. The van der Waals surface area contributed by atoms with Gasteiger partial charge in [0, 0.05) is 0 Å². The molecule has 25 heavy (non-hydrogen) atoms. The van der Waals surface area contributed by atoms with Crippen molar-refractivity contribution in [1.29, 1.82) is 0 Å². The maximum atomic E-state index is 12.4. The fraction of sp³-hybridized carbons (Fsp3) is 0.200. The summed E-state index contributed by atoms with van der Waals surface area (Å²) in [5.41, 5.74) is 3.07. The van der Waals surface area contributed by atoms with Crippen LogP contribution in [0.5, 0.6) is 5.75 Å². The second-order valence-electron chi connectivity index (χ2n) is 5.68. The third-order valence-electron chi connectivity index (χ3n) is 3.82. The van der Waals surface area contributed by atoms with E-state index in [9.17, 15) is 4.79 Å². The molecule has 0 N–H and O–H groups in total. The van der Waals surface area contributed by atoms with E-state index >= 15 is 0 Å². The van der Waals surface area contributed by atoms with Crippen LogP contribution in [-0.4, -0.2) is 17.6 Å². The first-order valence-corrected chi connectivity index (χ1v) is 8.66. The van der Waals surface area contributed by atoms with Crippen LogP contribution < -0.4 is 9.54 Å². The number of aryl methyl sites for hydroxylation is 1. The van der Waals surface area contributed by atoms with Gasteiger partial charge in [0.25, 0.3) is 5.91 Å². The Balaban J connectivity index is 1.94.